The zero-order valence-corrected chi connectivity index (χ0v) is 10.8. The zero-order valence-electron chi connectivity index (χ0n) is 10.8. The van der Waals surface area contributed by atoms with Crippen LogP contribution in [0.3, 0.4) is 0 Å². The molecule has 0 saturated carbocycles. The van der Waals surface area contributed by atoms with Crippen LogP contribution in [-0.2, 0) is 0 Å². The molecule has 0 aliphatic carbocycles. The fourth-order valence-corrected chi connectivity index (χ4v) is 1.78. The van der Waals surface area contributed by atoms with Crippen LogP contribution in [0.15, 0.2) is 54.6 Å². The third-order valence-corrected chi connectivity index (χ3v) is 2.92. The highest BCUT2D eigenvalue weighted by atomic mass is 16.3. The van der Waals surface area contributed by atoms with Crippen LogP contribution >= 0.6 is 0 Å². The number of carbonyl (C=O) groups is 1. The summed E-state index contributed by atoms with van der Waals surface area (Å²) >= 11 is 0. The van der Waals surface area contributed by atoms with Crippen molar-refractivity contribution >= 4 is 5.91 Å². The topological polar surface area (TPSA) is 73.1 Å². The van der Waals surface area contributed by atoms with Gasteiger partial charge in [-0.25, -0.2) is 0 Å². The molecule has 4 nitrogen and oxygen atoms in total. The Morgan fingerprint density at radius 3 is 2.40 bits per heavy atom. The number of hydrogen-bond acceptors (Lipinski definition) is 3. The van der Waals surface area contributed by atoms with Crippen molar-refractivity contribution in [3.8, 4) is 6.07 Å². The maximum absolute atomic E-state index is 11.9. The second kappa shape index (κ2) is 6.50. The van der Waals surface area contributed by atoms with E-state index >= 15 is 0 Å². The van der Waals surface area contributed by atoms with Gasteiger partial charge in [0.25, 0.3) is 5.91 Å². The number of aliphatic hydroxyl groups excluding tert-OH is 1. The Bertz CT molecular complexity index is 615. The average Bonchev–Trinajstić information content (AvgIpc) is 2.53. The predicted molar refractivity (Wildman–Crippen MR) is 74.9 cm³/mol. The van der Waals surface area contributed by atoms with Crippen molar-refractivity contribution in [2.24, 2.45) is 0 Å². The van der Waals surface area contributed by atoms with Crippen LogP contribution in [0.1, 0.15) is 27.6 Å². The second-order valence-electron chi connectivity index (χ2n) is 4.33. The Hall–Kier alpha value is -2.64. The van der Waals surface area contributed by atoms with Crippen LogP contribution in [0.4, 0.5) is 0 Å². The first-order chi connectivity index (χ1) is 9.70. The SMILES string of the molecule is N#Cc1ccc(C(=O)NC[C@H](O)c2ccccc2)cc1. The lowest BCUT2D eigenvalue weighted by atomic mass is 10.1. The van der Waals surface area contributed by atoms with Gasteiger partial charge in [0.15, 0.2) is 0 Å². The van der Waals surface area contributed by atoms with Crippen molar-refractivity contribution in [2.45, 2.75) is 6.10 Å². The van der Waals surface area contributed by atoms with E-state index in [0.717, 1.165) is 5.56 Å². The monoisotopic (exact) mass is 266 g/mol. The summed E-state index contributed by atoms with van der Waals surface area (Å²) in [7, 11) is 0. The summed E-state index contributed by atoms with van der Waals surface area (Å²) in [4.78, 5) is 11.9. The summed E-state index contributed by atoms with van der Waals surface area (Å²) in [5.74, 6) is -0.274. The number of nitrogens with zero attached hydrogens (tertiary/aromatic N) is 1. The van der Waals surface area contributed by atoms with E-state index in [4.69, 9.17) is 5.26 Å². The Labute approximate surface area is 117 Å². The highest BCUT2D eigenvalue weighted by molar-refractivity contribution is 5.94. The third kappa shape index (κ3) is 3.44. The van der Waals surface area contributed by atoms with E-state index in [-0.39, 0.29) is 12.5 Å². The lowest BCUT2D eigenvalue weighted by Gasteiger charge is -2.12. The van der Waals surface area contributed by atoms with E-state index < -0.39 is 6.10 Å². The van der Waals surface area contributed by atoms with E-state index in [0.29, 0.717) is 11.1 Å². The maximum Gasteiger partial charge on any atom is 0.251 e. The Morgan fingerprint density at radius 2 is 1.80 bits per heavy atom. The molecule has 0 aliphatic heterocycles. The predicted octanol–water partition coefficient (Wildman–Crippen LogP) is 2.02. The number of rotatable bonds is 4. The number of nitrogens with one attached hydrogen (secondary N) is 1. The largest absolute Gasteiger partial charge is 0.387 e. The van der Waals surface area contributed by atoms with Crippen molar-refractivity contribution < 1.29 is 9.90 Å². The normalized spacial score (nSPS) is 11.4. The number of nitriles is 1. The molecular formula is C16H14N2O2. The summed E-state index contributed by atoms with van der Waals surface area (Å²) in [5, 5.41) is 21.3. The second-order valence-corrected chi connectivity index (χ2v) is 4.33. The quantitative estimate of drug-likeness (QED) is 0.889. The van der Waals surface area contributed by atoms with Crippen LogP contribution in [0, 0.1) is 11.3 Å². The van der Waals surface area contributed by atoms with Crippen LogP contribution < -0.4 is 5.32 Å². The smallest absolute Gasteiger partial charge is 0.251 e. The van der Waals surface area contributed by atoms with Crippen molar-refractivity contribution in [1.82, 2.24) is 5.32 Å². The number of hydrogen-bond donors (Lipinski definition) is 2. The highest BCUT2D eigenvalue weighted by Gasteiger charge is 2.10. The molecule has 1 atom stereocenters. The van der Waals surface area contributed by atoms with Crippen molar-refractivity contribution in [1.29, 1.82) is 5.26 Å². The van der Waals surface area contributed by atoms with Gasteiger partial charge in [-0.2, -0.15) is 5.26 Å². The lowest BCUT2D eigenvalue weighted by molar-refractivity contribution is 0.0916. The summed E-state index contributed by atoms with van der Waals surface area (Å²) in [6, 6.07) is 17.5. The minimum atomic E-state index is -0.737. The summed E-state index contributed by atoms with van der Waals surface area (Å²) in [6.45, 7) is 0.142. The molecule has 2 rings (SSSR count). The van der Waals surface area contributed by atoms with E-state index in [2.05, 4.69) is 5.32 Å². The molecule has 1 amide bonds. The minimum Gasteiger partial charge on any atom is -0.387 e. The Morgan fingerprint density at radius 1 is 1.15 bits per heavy atom. The molecule has 0 aliphatic rings. The molecule has 0 unspecified atom stereocenters. The fourth-order valence-electron chi connectivity index (χ4n) is 1.78. The molecule has 0 heterocycles. The van der Waals surface area contributed by atoms with Gasteiger partial charge in [0, 0.05) is 12.1 Å². The third-order valence-electron chi connectivity index (χ3n) is 2.92. The number of aliphatic hydroxyl groups is 1. The van der Waals surface area contributed by atoms with Crippen molar-refractivity contribution in [3.05, 3.63) is 71.3 Å². The minimum absolute atomic E-state index is 0.142. The van der Waals surface area contributed by atoms with Gasteiger partial charge in [-0.3, -0.25) is 4.79 Å². The first kappa shape index (κ1) is 13.8. The number of amides is 1. The zero-order chi connectivity index (χ0) is 14.4. The van der Waals surface area contributed by atoms with Gasteiger partial charge in [-0.15, -0.1) is 0 Å². The van der Waals surface area contributed by atoms with E-state index in [1.807, 2.05) is 24.3 Å². The van der Waals surface area contributed by atoms with Gasteiger partial charge in [-0.1, -0.05) is 30.3 Å². The molecule has 100 valence electrons. The molecule has 20 heavy (non-hydrogen) atoms. The molecular weight excluding hydrogens is 252 g/mol. The summed E-state index contributed by atoms with van der Waals surface area (Å²) < 4.78 is 0. The van der Waals surface area contributed by atoms with Crippen LogP contribution in [0.2, 0.25) is 0 Å². The van der Waals surface area contributed by atoms with E-state index in [9.17, 15) is 9.90 Å². The molecule has 0 radical (unpaired) electrons. The molecule has 0 saturated heterocycles. The van der Waals surface area contributed by atoms with Gasteiger partial charge in [0.05, 0.1) is 17.7 Å². The van der Waals surface area contributed by atoms with Crippen LogP contribution in [-0.4, -0.2) is 17.6 Å². The van der Waals surface area contributed by atoms with Gasteiger partial charge in [0.2, 0.25) is 0 Å². The molecule has 0 spiro atoms. The lowest BCUT2D eigenvalue weighted by Crippen LogP contribution is -2.28. The number of carbonyl (C=O) groups excluding carboxylic acids is 1. The molecule has 0 aromatic heterocycles. The molecule has 2 N–H and O–H groups in total. The van der Waals surface area contributed by atoms with Gasteiger partial charge in [0.1, 0.15) is 0 Å². The van der Waals surface area contributed by atoms with Gasteiger partial charge in [-0.05, 0) is 29.8 Å². The summed E-state index contributed by atoms with van der Waals surface area (Å²) in [5.41, 5.74) is 1.72. The standard InChI is InChI=1S/C16H14N2O2/c17-10-12-6-8-14(9-7-12)16(20)18-11-15(19)13-4-2-1-3-5-13/h1-9,15,19H,11H2,(H,18,20)/t15-/m0/s1. The number of benzene rings is 2. The molecule has 2 aromatic carbocycles. The Balaban J connectivity index is 1.93. The van der Waals surface area contributed by atoms with Crippen LogP contribution in [0.25, 0.3) is 0 Å². The Kier molecular flexibility index (Phi) is 4.48. The van der Waals surface area contributed by atoms with Crippen molar-refractivity contribution in [2.75, 3.05) is 6.54 Å². The van der Waals surface area contributed by atoms with E-state index in [1.54, 1.807) is 36.4 Å². The fraction of sp³-hybridized carbons (Fsp3) is 0.125. The average molecular weight is 266 g/mol. The molecule has 4 heteroatoms. The molecule has 0 fully saturated rings. The molecule has 0 bridgehead atoms. The summed E-state index contributed by atoms with van der Waals surface area (Å²) in [6.07, 6.45) is -0.737. The highest BCUT2D eigenvalue weighted by Crippen LogP contribution is 2.11. The van der Waals surface area contributed by atoms with Crippen molar-refractivity contribution in [3.63, 3.8) is 0 Å². The molecule has 2 aromatic rings. The first-order valence-corrected chi connectivity index (χ1v) is 6.22. The first-order valence-electron chi connectivity index (χ1n) is 6.22. The van der Waals surface area contributed by atoms with Gasteiger partial charge < -0.3 is 10.4 Å². The van der Waals surface area contributed by atoms with Crippen LogP contribution in [0.5, 0.6) is 0 Å². The van der Waals surface area contributed by atoms with E-state index in [1.165, 1.54) is 0 Å². The maximum atomic E-state index is 11.9. The van der Waals surface area contributed by atoms with Gasteiger partial charge >= 0.3 is 0 Å².